The quantitative estimate of drug-likeness (QED) is 0.609. The number of nitrogens with zero attached hydrogens (tertiary/aromatic N) is 4. The topological polar surface area (TPSA) is 63.2 Å². The predicted octanol–water partition coefficient (Wildman–Crippen LogP) is 4.90. The van der Waals surface area contributed by atoms with Gasteiger partial charge in [-0.25, -0.2) is 0 Å². The highest BCUT2D eigenvalue weighted by Crippen LogP contribution is 2.36. The Morgan fingerprint density at radius 1 is 1.03 bits per heavy atom. The van der Waals surface area contributed by atoms with Crippen LogP contribution in [-0.4, -0.2) is 46.5 Å². The molecule has 1 aliphatic rings. The summed E-state index contributed by atoms with van der Waals surface area (Å²) in [5, 5.41) is 2.81. The summed E-state index contributed by atoms with van der Waals surface area (Å²) < 4.78 is 81.7. The SMILES string of the molecule is CCN(CC)c1nc(Nc2ccc3c(c2)CC=C3)nc(OC(C(F)(F)F)C(F)(F)F)n1. The van der Waals surface area contributed by atoms with Crippen LogP contribution >= 0.6 is 0 Å². The first-order valence-electron chi connectivity index (χ1n) is 9.38. The van der Waals surface area contributed by atoms with Crippen molar-refractivity contribution in [2.45, 2.75) is 38.7 Å². The number of nitrogens with one attached hydrogen (secondary N) is 1. The van der Waals surface area contributed by atoms with E-state index in [2.05, 4.69) is 25.0 Å². The first-order valence-corrected chi connectivity index (χ1v) is 9.38. The smallest absolute Gasteiger partial charge is 0.434 e. The van der Waals surface area contributed by atoms with Crippen molar-refractivity contribution < 1.29 is 31.1 Å². The number of rotatable bonds is 7. The van der Waals surface area contributed by atoms with Gasteiger partial charge in [0.05, 0.1) is 0 Å². The number of halogens is 6. The maximum atomic E-state index is 12.9. The van der Waals surface area contributed by atoms with E-state index in [0.717, 1.165) is 11.1 Å². The molecule has 2 aromatic rings. The number of benzene rings is 1. The molecule has 0 aliphatic heterocycles. The zero-order chi connectivity index (χ0) is 22.8. The van der Waals surface area contributed by atoms with E-state index in [9.17, 15) is 26.3 Å². The Morgan fingerprint density at radius 2 is 1.71 bits per heavy atom. The summed E-state index contributed by atoms with van der Waals surface area (Å²) in [5.41, 5.74) is 2.55. The Morgan fingerprint density at radius 3 is 2.32 bits per heavy atom. The lowest BCUT2D eigenvalue weighted by Crippen LogP contribution is -2.47. The summed E-state index contributed by atoms with van der Waals surface area (Å²) in [4.78, 5) is 13.0. The monoisotopic (exact) mass is 447 g/mol. The highest BCUT2D eigenvalue weighted by Gasteiger charge is 2.59. The molecule has 168 valence electrons. The number of allylic oxidation sites excluding steroid dienone is 1. The maximum absolute atomic E-state index is 12.9. The van der Waals surface area contributed by atoms with Crippen LogP contribution < -0.4 is 15.0 Å². The van der Waals surface area contributed by atoms with Gasteiger partial charge in [-0.15, -0.1) is 0 Å². The summed E-state index contributed by atoms with van der Waals surface area (Å²) in [5.74, 6) is -0.343. The highest BCUT2D eigenvalue weighted by molar-refractivity contribution is 5.66. The fourth-order valence-electron chi connectivity index (χ4n) is 2.99. The number of aromatic nitrogens is 3. The average Bonchev–Trinajstić information content (AvgIpc) is 3.13. The van der Waals surface area contributed by atoms with Crippen LogP contribution in [0.15, 0.2) is 24.3 Å². The van der Waals surface area contributed by atoms with E-state index in [4.69, 9.17) is 0 Å². The first-order chi connectivity index (χ1) is 14.5. The summed E-state index contributed by atoms with van der Waals surface area (Å²) in [6.45, 7) is 4.21. The van der Waals surface area contributed by atoms with Gasteiger partial charge in [0.15, 0.2) is 0 Å². The maximum Gasteiger partial charge on any atom is 0.434 e. The molecule has 31 heavy (non-hydrogen) atoms. The number of ether oxygens (including phenoxy) is 1. The van der Waals surface area contributed by atoms with Crippen LogP contribution in [0.5, 0.6) is 6.01 Å². The lowest BCUT2D eigenvalue weighted by molar-refractivity contribution is -0.301. The Bertz CT molecular complexity index is 942. The fraction of sp³-hybridized carbons (Fsp3) is 0.421. The third-order valence-electron chi connectivity index (χ3n) is 4.50. The Kier molecular flexibility index (Phi) is 6.27. The predicted molar refractivity (Wildman–Crippen MR) is 102 cm³/mol. The lowest BCUT2D eigenvalue weighted by Gasteiger charge is -2.24. The second kappa shape index (κ2) is 8.60. The third-order valence-corrected chi connectivity index (χ3v) is 4.50. The van der Waals surface area contributed by atoms with Crippen molar-refractivity contribution in [2.75, 3.05) is 23.3 Å². The Balaban J connectivity index is 1.96. The van der Waals surface area contributed by atoms with E-state index in [1.165, 1.54) is 0 Å². The van der Waals surface area contributed by atoms with Crippen LogP contribution in [0.2, 0.25) is 0 Å². The van der Waals surface area contributed by atoms with E-state index in [1.807, 2.05) is 18.2 Å². The van der Waals surface area contributed by atoms with E-state index in [-0.39, 0.29) is 11.9 Å². The number of hydrogen-bond acceptors (Lipinski definition) is 6. The van der Waals surface area contributed by atoms with Gasteiger partial charge in [-0.3, -0.25) is 0 Å². The van der Waals surface area contributed by atoms with Crippen LogP contribution in [0.1, 0.15) is 25.0 Å². The third kappa shape index (κ3) is 5.36. The Labute approximate surface area is 174 Å². The molecule has 1 aromatic heterocycles. The van der Waals surface area contributed by atoms with Gasteiger partial charge in [-0.2, -0.15) is 41.3 Å². The van der Waals surface area contributed by atoms with Crippen molar-refractivity contribution in [2.24, 2.45) is 0 Å². The molecule has 0 saturated carbocycles. The standard InChI is InChI=1S/C19H19F6N5O/c1-3-30(4-2)16-27-15(26-13-9-8-11-6-5-7-12(11)10-13)28-17(29-16)31-14(18(20,21)22)19(23,24)25/h5-6,8-10,14H,3-4,7H2,1-2H3,(H,26,27,28,29). The van der Waals surface area contributed by atoms with Crippen LogP contribution in [0.4, 0.5) is 43.9 Å². The molecule has 0 unspecified atom stereocenters. The molecule has 0 amide bonds. The van der Waals surface area contributed by atoms with Gasteiger partial charge in [-0.1, -0.05) is 18.2 Å². The van der Waals surface area contributed by atoms with E-state index in [0.29, 0.717) is 25.2 Å². The highest BCUT2D eigenvalue weighted by atomic mass is 19.4. The van der Waals surface area contributed by atoms with Crippen LogP contribution in [0, 0.1) is 0 Å². The summed E-state index contributed by atoms with van der Waals surface area (Å²) in [7, 11) is 0. The van der Waals surface area contributed by atoms with E-state index >= 15 is 0 Å². The molecule has 0 spiro atoms. The molecule has 1 aliphatic carbocycles. The summed E-state index contributed by atoms with van der Waals surface area (Å²) >= 11 is 0. The minimum Gasteiger partial charge on any atom is -0.440 e. The molecule has 6 nitrogen and oxygen atoms in total. The molecule has 3 rings (SSSR count). The minimum atomic E-state index is -5.69. The molecule has 0 radical (unpaired) electrons. The number of fused-ring (bicyclic) bond motifs is 1. The molecule has 1 aromatic carbocycles. The van der Waals surface area contributed by atoms with Gasteiger partial charge in [0.1, 0.15) is 0 Å². The van der Waals surface area contributed by atoms with Crippen molar-refractivity contribution in [1.29, 1.82) is 0 Å². The second-order valence-electron chi connectivity index (χ2n) is 6.64. The fourth-order valence-corrected chi connectivity index (χ4v) is 2.99. The van der Waals surface area contributed by atoms with Gasteiger partial charge in [0.25, 0.3) is 6.10 Å². The molecule has 1 N–H and O–H groups in total. The normalized spacial score (nSPS) is 13.5. The van der Waals surface area contributed by atoms with Crippen LogP contribution in [-0.2, 0) is 6.42 Å². The molecule has 0 saturated heterocycles. The van der Waals surface area contributed by atoms with Crippen molar-refractivity contribution >= 4 is 23.7 Å². The Hall–Kier alpha value is -3.05. The summed E-state index contributed by atoms with van der Waals surface area (Å²) in [6.07, 6.45) is -10.8. The summed E-state index contributed by atoms with van der Waals surface area (Å²) in [6, 6.07) is 4.24. The molecule has 0 fully saturated rings. The largest absolute Gasteiger partial charge is 0.440 e. The number of alkyl halides is 6. The van der Waals surface area contributed by atoms with Crippen molar-refractivity contribution in [1.82, 2.24) is 15.0 Å². The molecular weight excluding hydrogens is 428 g/mol. The molecule has 0 bridgehead atoms. The molecular formula is C19H19F6N5O. The van der Waals surface area contributed by atoms with Crippen molar-refractivity contribution in [3.05, 3.63) is 35.4 Å². The zero-order valence-corrected chi connectivity index (χ0v) is 16.6. The minimum absolute atomic E-state index is 0.108. The van der Waals surface area contributed by atoms with E-state index in [1.54, 1.807) is 30.9 Å². The van der Waals surface area contributed by atoms with Crippen molar-refractivity contribution in [3.8, 4) is 6.01 Å². The number of anilines is 3. The van der Waals surface area contributed by atoms with Crippen LogP contribution in [0.3, 0.4) is 0 Å². The van der Waals surface area contributed by atoms with Gasteiger partial charge in [0, 0.05) is 18.8 Å². The molecule has 12 heteroatoms. The lowest BCUT2D eigenvalue weighted by atomic mass is 10.1. The second-order valence-corrected chi connectivity index (χ2v) is 6.64. The van der Waals surface area contributed by atoms with Gasteiger partial charge >= 0.3 is 18.4 Å². The molecule has 0 atom stereocenters. The van der Waals surface area contributed by atoms with Crippen LogP contribution in [0.25, 0.3) is 6.08 Å². The van der Waals surface area contributed by atoms with Gasteiger partial charge in [-0.05, 0) is 43.5 Å². The zero-order valence-electron chi connectivity index (χ0n) is 16.6. The molecule has 1 heterocycles. The van der Waals surface area contributed by atoms with Gasteiger partial charge < -0.3 is 15.0 Å². The van der Waals surface area contributed by atoms with Crippen molar-refractivity contribution in [3.63, 3.8) is 0 Å². The van der Waals surface area contributed by atoms with E-state index < -0.39 is 24.5 Å². The van der Waals surface area contributed by atoms with Gasteiger partial charge in [0.2, 0.25) is 11.9 Å². The first kappa shape index (κ1) is 22.6. The number of hydrogen-bond donors (Lipinski definition) is 1. The average molecular weight is 447 g/mol.